The number of amides is 1. The minimum Gasteiger partial charge on any atom is -1.00 e. The molecule has 3 heterocycles. The average molecular weight is 576 g/mol. The number of aryl methyl sites for hydroxylation is 1. The van der Waals surface area contributed by atoms with Gasteiger partial charge in [0.1, 0.15) is 18.7 Å². The molecule has 202 valence electrons. The van der Waals surface area contributed by atoms with E-state index in [-0.39, 0.29) is 34.8 Å². The maximum Gasteiger partial charge on any atom is 0.412 e. The fourth-order valence-electron chi connectivity index (χ4n) is 4.95. The van der Waals surface area contributed by atoms with Crippen LogP contribution in [0.4, 0.5) is 10.5 Å². The number of Topliss-reactive ketones (excluding diaryl/α,β-unsaturated/α-hetero) is 1. The summed E-state index contributed by atoms with van der Waals surface area (Å²) in [6.07, 6.45) is 1.68. The van der Waals surface area contributed by atoms with E-state index in [1.54, 1.807) is 0 Å². The molecule has 2 bridgehead atoms. The summed E-state index contributed by atoms with van der Waals surface area (Å²) in [6, 6.07) is 17.1. The maximum absolute atomic E-state index is 12.5. The standard InChI is InChI=1S/C17H22NO3.C12H17NO2.BrH/c1-13(19)21-17-12-18(9-7-15(17)8-10-18)11-16(20)14-5-3-2-4-6-14;1-9-6-5-7-10(8-9)13-11(14)15-12(2,3)4;/h2-6,15,17H,7-12H2,1H3;5-8H,1-4H3,(H,13,14);1H/q+1;;/p-1/t15?,17-,18?;;/m0../s1. The first-order chi connectivity index (χ1) is 16.9. The van der Waals surface area contributed by atoms with E-state index in [4.69, 9.17) is 9.47 Å². The number of carbonyl (C=O) groups is 3. The minimum atomic E-state index is -0.464. The molecule has 0 aromatic heterocycles. The van der Waals surface area contributed by atoms with Gasteiger partial charge in [0.15, 0.2) is 6.10 Å². The molecule has 3 fully saturated rings. The molecule has 5 rings (SSSR count). The molecule has 37 heavy (non-hydrogen) atoms. The van der Waals surface area contributed by atoms with Crippen LogP contribution in [0.15, 0.2) is 54.6 Å². The van der Waals surface area contributed by atoms with Crippen molar-refractivity contribution in [1.29, 1.82) is 0 Å². The number of carbonyl (C=O) groups excluding carboxylic acids is 3. The molecule has 3 aliphatic heterocycles. The molecule has 2 aromatic carbocycles. The molecule has 1 N–H and O–H groups in total. The minimum absolute atomic E-state index is 0. The van der Waals surface area contributed by atoms with Crippen LogP contribution in [0.1, 0.15) is 56.5 Å². The highest BCUT2D eigenvalue weighted by molar-refractivity contribution is 5.97. The van der Waals surface area contributed by atoms with Gasteiger partial charge in [-0.3, -0.25) is 14.9 Å². The van der Waals surface area contributed by atoms with E-state index in [9.17, 15) is 14.4 Å². The Bertz CT molecular complexity index is 1060. The van der Waals surface area contributed by atoms with Gasteiger partial charge in [-0.1, -0.05) is 42.5 Å². The lowest BCUT2D eigenvalue weighted by molar-refractivity contribution is -0.938. The molecular formula is C29H39BrN2O5. The molecule has 8 heteroatoms. The molecule has 7 nitrogen and oxygen atoms in total. The monoisotopic (exact) mass is 574 g/mol. The summed E-state index contributed by atoms with van der Waals surface area (Å²) < 4.78 is 11.4. The number of esters is 1. The van der Waals surface area contributed by atoms with Crippen molar-refractivity contribution in [3.63, 3.8) is 0 Å². The summed E-state index contributed by atoms with van der Waals surface area (Å²) in [4.78, 5) is 35.1. The molecular weight excluding hydrogens is 536 g/mol. The van der Waals surface area contributed by atoms with E-state index in [1.165, 1.54) is 6.92 Å². The third-order valence-corrected chi connectivity index (χ3v) is 6.60. The molecule has 1 amide bonds. The van der Waals surface area contributed by atoms with Gasteiger partial charge in [0, 0.05) is 36.9 Å². The van der Waals surface area contributed by atoms with Gasteiger partial charge in [-0.25, -0.2) is 4.79 Å². The molecule has 0 radical (unpaired) electrons. The SMILES string of the molecule is CC(=O)O[C@H]1C[N+]2(CC(=O)c3ccccc3)CCC1CC2.Cc1cccc(NC(=O)OC(C)(C)C)c1.[Br-]. The smallest absolute Gasteiger partial charge is 0.412 e. The molecule has 0 aliphatic carbocycles. The van der Waals surface area contributed by atoms with Gasteiger partial charge in [0.2, 0.25) is 5.78 Å². The van der Waals surface area contributed by atoms with Crippen molar-refractivity contribution in [3.8, 4) is 0 Å². The normalized spacial score (nSPS) is 22.0. The second-order valence-electron chi connectivity index (χ2n) is 10.9. The number of hydrogen-bond donors (Lipinski definition) is 1. The second kappa shape index (κ2) is 13.2. The third-order valence-electron chi connectivity index (χ3n) is 6.60. The maximum atomic E-state index is 12.5. The van der Waals surface area contributed by atoms with E-state index in [2.05, 4.69) is 5.32 Å². The number of nitrogens with zero attached hydrogens (tertiary/aromatic N) is 1. The average Bonchev–Trinajstić information content (AvgIpc) is 2.79. The predicted octanol–water partition coefficient (Wildman–Crippen LogP) is 2.39. The second-order valence-corrected chi connectivity index (χ2v) is 10.9. The molecule has 2 aromatic rings. The van der Waals surface area contributed by atoms with E-state index in [0.717, 1.165) is 53.8 Å². The van der Waals surface area contributed by atoms with Crippen LogP contribution >= 0.6 is 0 Å². The van der Waals surface area contributed by atoms with Crippen molar-refractivity contribution in [2.24, 2.45) is 5.92 Å². The molecule has 3 aliphatic rings. The van der Waals surface area contributed by atoms with Crippen molar-refractivity contribution in [3.05, 3.63) is 65.7 Å². The lowest BCUT2D eigenvalue weighted by Gasteiger charge is -2.51. The summed E-state index contributed by atoms with van der Waals surface area (Å²) in [6.45, 7) is 12.3. The summed E-state index contributed by atoms with van der Waals surface area (Å²) in [7, 11) is 0. The fraction of sp³-hybridized carbons (Fsp3) is 0.483. The lowest BCUT2D eigenvalue weighted by Crippen LogP contribution is -3.00. The summed E-state index contributed by atoms with van der Waals surface area (Å²) in [5.41, 5.74) is 2.17. The van der Waals surface area contributed by atoms with Crippen molar-refractivity contribution in [2.75, 3.05) is 31.5 Å². The predicted molar refractivity (Wildman–Crippen MR) is 140 cm³/mol. The molecule has 0 saturated carbocycles. The molecule has 3 saturated heterocycles. The molecule has 0 unspecified atom stereocenters. The Morgan fingerprint density at radius 3 is 2.22 bits per heavy atom. The van der Waals surface area contributed by atoms with Crippen LogP contribution in [0.2, 0.25) is 0 Å². The number of ether oxygens (including phenoxy) is 2. The van der Waals surface area contributed by atoms with Crippen LogP contribution in [0, 0.1) is 12.8 Å². The Kier molecular flexibility index (Phi) is 10.9. The molecule has 1 atom stereocenters. The number of fused-ring (bicyclic) bond motifs is 3. The number of quaternary nitrogens is 1. The zero-order valence-corrected chi connectivity index (χ0v) is 24.0. The highest BCUT2D eigenvalue weighted by atomic mass is 79.9. The summed E-state index contributed by atoms with van der Waals surface area (Å²) >= 11 is 0. The van der Waals surface area contributed by atoms with E-state index in [0.29, 0.717) is 12.5 Å². The Morgan fingerprint density at radius 2 is 1.65 bits per heavy atom. The number of rotatable bonds is 5. The Balaban J connectivity index is 0.000000268. The zero-order valence-electron chi connectivity index (χ0n) is 22.5. The van der Waals surface area contributed by atoms with Crippen LogP contribution in [-0.4, -0.2) is 60.2 Å². The molecule has 0 spiro atoms. The fourth-order valence-corrected chi connectivity index (χ4v) is 4.95. The largest absolute Gasteiger partial charge is 1.00 e. The highest BCUT2D eigenvalue weighted by Crippen LogP contribution is 2.35. The Morgan fingerprint density at radius 1 is 1.00 bits per heavy atom. The Hall–Kier alpha value is -2.71. The van der Waals surface area contributed by atoms with Crippen LogP contribution in [-0.2, 0) is 14.3 Å². The first kappa shape index (κ1) is 30.5. The highest BCUT2D eigenvalue weighted by Gasteiger charge is 2.48. The van der Waals surface area contributed by atoms with E-state index in [1.807, 2.05) is 82.3 Å². The van der Waals surface area contributed by atoms with Crippen LogP contribution in [0.3, 0.4) is 0 Å². The first-order valence-electron chi connectivity index (χ1n) is 12.6. The van der Waals surface area contributed by atoms with Gasteiger partial charge in [-0.15, -0.1) is 0 Å². The zero-order chi connectivity index (χ0) is 26.3. The summed E-state index contributed by atoms with van der Waals surface area (Å²) in [5.74, 6) is 0.472. The third kappa shape index (κ3) is 9.59. The van der Waals surface area contributed by atoms with Crippen molar-refractivity contribution >= 4 is 23.5 Å². The number of hydrogen-bond acceptors (Lipinski definition) is 5. The number of ketones is 1. The topological polar surface area (TPSA) is 81.7 Å². The van der Waals surface area contributed by atoms with Gasteiger partial charge in [-0.05, 0) is 45.4 Å². The van der Waals surface area contributed by atoms with E-state index < -0.39 is 11.7 Å². The van der Waals surface area contributed by atoms with Crippen LogP contribution in [0.25, 0.3) is 0 Å². The number of anilines is 1. The van der Waals surface area contributed by atoms with Gasteiger partial charge in [0.05, 0.1) is 13.1 Å². The Labute approximate surface area is 230 Å². The van der Waals surface area contributed by atoms with Crippen molar-refractivity contribution in [2.45, 2.75) is 59.2 Å². The quantitative estimate of drug-likeness (QED) is 0.337. The van der Waals surface area contributed by atoms with Gasteiger partial charge in [-0.2, -0.15) is 0 Å². The number of piperidine rings is 3. The lowest BCUT2D eigenvalue weighted by atomic mass is 9.83. The number of nitrogens with one attached hydrogen (secondary N) is 1. The van der Waals surface area contributed by atoms with Crippen molar-refractivity contribution in [1.82, 2.24) is 0 Å². The van der Waals surface area contributed by atoms with Crippen LogP contribution < -0.4 is 22.3 Å². The number of benzene rings is 2. The number of halogens is 1. The van der Waals surface area contributed by atoms with Gasteiger partial charge >= 0.3 is 12.1 Å². The first-order valence-corrected chi connectivity index (χ1v) is 12.6. The van der Waals surface area contributed by atoms with E-state index >= 15 is 0 Å². The van der Waals surface area contributed by atoms with Crippen molar-refractivity contribution < 1.29 is 45.3 Å². The van der Waals surface area contributed by atoms with Gasteiger partial charge < -0.3 is 30.9 Å². The van der Waals surface area contributed by atoms with Gasteiger partial charge in [0.25, 0.3) is 0 Å². The van der Waals surface area contributed by atoms with Crippen LogP contribution in [0.5, 0.6) is 0 Å². The summed E-state index contributed by atoms with van der Waals surface area (Å²) in [5, 5.41) is 2.68.